The molecule has 0 aliphatic heterocycles. The van der Waals surface area contributed by atoms with E-state index in [-0.39, 0.29) is 0 Å². The molecule has 0 aliphatic carbocycles. The van der Waals surface area contributed by atoms with Gasteiger partial charge in [0.05, 0.1) is 7.11 Å². The van der Waals surface area contributed by atoms with E-state index in [9.17, 15) is 0 Å². The zero-order chi connectivity index (χ0) is 14.1. The van der Waals surface area contributed by atoms with E-state index in [2.05, 4.69) is 44.3 Å². The zero-order valence-corrected chi connectivity index (χ0v) is 12.9. The maximum atomic E-state index is 5.45. The average Bonchev–Trinajstić information content (AvgIpc) is 2.44. The van der Waals surface area contributed by atoms with E-state index in [4.69, 9.17) is 4.74 Å². The van der Waals surface area contributed by atoms with Crippen molar-refractivity contribution in [3.05, 3.63) is 29.8 Å². The van der Waals surface area contributed by atoms with Crippen molar-refractivity contribution in [1.82, 2.24) is 5.32 Å². The van der Waals surface area contributed by atoms with Crippen LogP contribution in [0.25, 0.3) is 0 Å². The van der Waals surface area contributed by atoms with Crippen LogP contribution in [-0.2, 0) is 6.42 Å². The SMILES string of the molecule is CCCNC(CCC)C(C)Cc1ccccc1OC. The topological polar surface area (TPSA) is 21.3 Å². The molecule has 1 rings (SSSR count). The van der Waals surface area contributed by atoms with Gasteiger partial charge in [-0.2, -0.15) is 0 Å². The third kappa shape index (κ3) is 5.23. The number of nitrogens with one attached hydrogen (secondary N) is 1. The summed E-state index contributed by atoms with van der Waals surface area (Å²) in [5.74, 6) is 1.64. The number of benzene rings is 1. The standard InChI is InChI=1S/C17H29NO/c1-5-9-16(18-12-6-2)14(3)13-15-10-7-8-11-17(15)19-4/h7-8,10-11,14,16,18H,5-6,9,12-13H2,1-4H3. The Labute approximate surface area is 118 Å². The van der Waals surface area contributed by atoms with Crippen LogP contribution in [0.4, 0.5) is 0 Å². The van der Waals surface area contributed by atoms with E-state index in [1.54, 1.807) is 7.11 Å². The lowest BCUT2D eigenvalue weighted by molar-refractivity contribution is 0.345. The molecule has 0 aromatic heterocycles. The number of ether oxygens (including phenoxy) is 1. The quantitative estimate of drug-likeness (QED) is 0.726. The molecule has 2 heteroatoms. The largest absolute Gasteiger partial charge is 0.496 e. The Kier molecular flexibility index (Phi) is 7.57. The molecule has 108 valence electrons. The molecule has 0 spiro atoms. The molecule has 19 heavy (non-hydrogen) atoms. The predicted octanol–water partition coefficient (Wildman–Crippen LogP) is 4.04. The lowest BCUT2D eigenvalue weighted by atomic mass is 9.90. The van der Waals surface area contributed by atoms with Crippen LogP contribution in [0, 0.1) is 5.92 Å². The van der Waals surface area contributed by atoms with Gasteiger partial charge in [0.15, 0.2) is 0 Å². The van der Waals surface area contributed by atoms with Gasteiger partial charge < -0.3 is 10.1 Å². The molecule has 0 saturated heterocycles. The van der Waals surface area contributed by atoms with Gasteiger partial charge in [-0.1, -0.05) is 45.4 Å². The molecule has 2 atom stereocenters. The highest BCUT2D eigenvalue weighted by Gasteiger charge is 2.17. The first-order valence-electron chi connectivity index (χ1n) is 7.58. The van der Waals surface area contributed by atoms with Crippen LogP contribution >= 0.6 is 0 Å². The first-order chi connectivity index (χ1) is 9.22. The van der Waals surface area contributed by atoms with Crippen LogP contribution in [0.5, 0.6) is 5.75 Å². The second-order valence-electron chi connectivity index (χ2n) is 5.34. The van der Waals surface area contributed by atoms with Crippen molar-refractivity contribution < 1.29 is 4.74 Å². The van der Waals surface area contributed by atoms with Crippen molar-refractivity contribution in [1.29, 1.82) is 0 Å². The van der Waals surface area contributed by atoms with Crippen LogP contribution in [0.3, 0.4) is 0 Å². The Morgan fingerprint density at radius 1 is 1.16 bits per heavy atom. The fourth-order valence-corrected chi connectivity index (χ4v) is 2.59. The van der Waals surface area contributed by atoms with Crippen molar-refractivity contribution in [2.24, 2.45) is 5.92 Å². The van der Waals surface area contributed by atoms with E-state index in [0.717, 1.165) is 18.7 Å². The van der Waals surface area contributed by atoms with Gasteiger partial charge >= 0.3 is 0 Å². The van der Waals surface area contributed by atoms with Gasteiger partial charge in [0.1, 0.15) is 5.75 Å². The van der Waals surface area contributed by atoms with Gasteiger partial charge in [-0.25, -0.2) is 0 Å². The first-order valence-corrected chi connectivity index (χ1v) is 7.58. The van der Waals surface area contributed by atoms with Gasteiger partial charge in [0.2, 0.25) is 0 Å². The molecular formula is C17H29NO. The third-order valence-electron chi connectivity index (χ3n) is 3.68. The highest BCUT2D eigenvalue weighted by atomic mass is 16.5. The summed E-state index contributed by atoms with van der Waals surface area (Å²) in [7, 11) is 1.75. The number of methoxy groups -OCH3 is 1. The first kappa shape index (κ1) is 16.0. The van der Waals surface area contributed by atoms with Crippen molar-refractivity contribution in [2.75, 3.05) is 13.7 Å². The number of rotatable bonds is 9. The molecule has 2 nitrogen and oxygen atoms in total. The lowest BCUT2D eigenvalue weighted by Gasteiger charge is -2.25. The Balaban J connectivity index is 2.66. The van der Waals surface area contributed by atoms with Crippen LogP contribution in [0.15, 0.2) is 24.3 Å². The van der Waals surface area contributed by atoms with Gasteiger partial charge in [0, 0.05) is 6.04 Å². The smallest absolute Gasteiger partial charge is 0.122 e. The monoisotopic (exact) mass is 263 g/mol. The molecule has 0 heterocycles. The van der Waals surface area contributed by atoms with E-state index in [1.165, 1.54) is 24.8 Å². The fourth-order valence-electron chi connectivity index (χ4n) is 2.59. The van der Waals surface area contributed by atoms with Gasteiger partial charge in [0.25, 0.3) is 0 Å². The average molecular weight is 263 g/mol. The minimum absolute atomic E-state index is 0.606. The fraction of sp³-hybridized carbons (Fsp3) is 0.647. The van der Waals surface area contributed by atoms with E-state index in [0.29, 0.717) is 12.0 Å². The van der Waals surface area contributed by atoms with Crippen molar-refractivity contribution in [2.45, 2.75) is 52.5 Å². The second-order valence-corrected chi connectivity index (χ2v) is 5.34. The second kappa shape index (κ2) is 8.98. The Bertz CT molecular complexity index is 351. The summed E-state index contributed by atoms with van der Waals surface area (Å²) in [5, 5.41) is 3.69. The van der Waals surface area contributed by atoms with Crippen LogP contribution in [0.1, 0.15) is 45.6 Å². The molecule has 1 N–H and O–H groups in total. The summed E-state index contributed by atoms with van der Waals surface area (Å²) in [6, 6.07) is 8.97. The van der Waals surface area contributed by atoms with Gasteiger partial charge in [-0.3, -0.25) is 0 Å². The molecule has 0 radical (unpaired) electrons. The Morgan fingerprint density at radius 2 is 1.89 bits per heavy atom. The van der Waals surface area contributed by atoms with Crippen molar-refractivity contribution >= 4 is 0 Å². The highest BCUT2D eigenvalue weighted by molar-refractivity contribution is 5.33. The summed E-state index contributed by atoms with van der Waals surface area (Å²) < 4.78 is 5.45. The molecule has 0 fully saturated rings. The summed E-state index contributed by atoms with van der Waals surface area (Å²) in [5.41, 5.74) is 1.32. The normalized spacial score (nSPS) is 14.1. The maximum Gasteiger partial charge on any atom is 0.122 e. The minimum Gasteiger partial charge on any atom is -0.496 e. The third-order valence-corrected chi connectivity index (χ3v) is 3.68. The Hall–Kier alpha value is -1.02. The van der Waals surface area contributed by atoms with Crippen LogP contribution in [-0.4, -0.2) is 19.7 Å². The van der Waals surface area contributed by atoms with Crippen LogP contribution in [0.2, 0.25) is 0 Å². The lowest BCUT2D eigenvalue weighted by Crippen LogP contribution is -2.36. The molecule has 0 bridgehead atoms. The van der Waals surface area contributed by atoms with Crippen LogP contribution < -0.4 is 10.1 Å². The van der Waals surface area contributed by atoms with Crippen molar-refractivity contribution in [3.8, 4) is 5.75 Å². The zero-order valence-electron chi connectivity index (χ0n) is 12.9. The molecular weight excluding hydrogens is 234 g/mol. The number of hydrogen-bond acceptors (Lipinski definition) is 2. The maximum absolute atomic E-state index is 5.45. The van der Waals surface area contributed by atoms with Crippen molar-refractivity contribution in [3.63, 3.8) is 0 Å². The Morgan fingerprint density at radius 3 is 2.53 bits per heavy atom. The summed E-state index contributed by atoms with van der Waals surface area (Å²) in [6.45, 7) is 7.94. The van der Waals surface area contributed by atoms with E-state index in [1.807, 2.05) is 6.07 Å². The van der Waals surface area contributed by atoms with E-state index >= 15 is 0 Å². The molecule has 1 aromatic carbocycles. The molecule has 0 saturated carbocycles. The summed E-state index contributed by atoms with van der Waals surface area (Å²) in [4.78, 5) is 0. The molecule has 0 aliphatic rings. The van der Waals surface area contributed by atoms with Gasteiger partial charge in [-0.15, -0.1) is 0 Å². The predicted molar refractivity (Wildman–Crippen MR) is 82.9 cm³/mol. The molecule has 1 aromatic rings. The molecule has 2 unspecified atom stereocenters. The van der Waals surface area contributed by atoms with Gasteiger partial charge in [-0.05, 0) is 43.4 Å². The number of hydrogen-bond donors (Lipinski definition) is 1. The number of para-hydroxylation sites is 1. The summed E-state index contributed by atoms with van der Waals surface area (Å²) in [6.07, 6.45) is 4.75. The minimum atomic E-state index is 0.606. The summed E-state index contributed by atoms with van der Waals surface area (Å²) >= 11 is 0. The highest BCUT2D eigenvalue weighted by Crippen LogP contribution is 2.23. The molecule has 0 amide bonds. The van der Waals surface area contributed by atoms with E-state index < -0.39 is 0 Å².